The fourth-order valence-electron chi connectivity index (χ4n) is 1.92. The maximum Gasteiger partial charge on any atom is 0.251 e. The summed E-state index contributed by atoms with van der Waals surface area (Å²) in [6.07, 6.45) is 1.53. The van der Waals surface area contributed by atoms with E-state index in [1.54, 1.807) is 24.3 Å². The van der Waals surface area contributed by atoms with Crippen LogP contribution in [-0.4, -0.2) is 32.6 Å². The third-order valence-electron chi connectivity index (χ3n) is 3.16. The molecule has 7 nitrogen and oxygen atoms in total. The van der Waals surface area contributed by atoms with Crippen molar-refractivity contribution in [3.63, 3.8) is 0 Å². The van der Waals surface area contributed by atoms with Gasteiger partial charge in [-0.15, -0.1) is 0 Å². The summed E-state index contributed by atoms with van der Waals surface area (Å²) in [7, 11) is 2.98. The molecule has 0 aliphatic rings. The number of amides is 2. The Balaban J connectivity index is 1.93. The molecule has 128 valence electrons. The van der Waals surface area contributed by atoms with E-state index in [4.69, 9.17) is 13.9 Å². The van der Waals surface area contributed by atoms with Crippen LogP contribution in [0.3, 0.4) is 0 Å². The number of hydrogen-bond acceptors (Lipinski definition) is 5. The Hall–Kier alpha value is -2.48. The Kier molecular flexibility index (Phi) is 6.25. The summed E-state index contributed by atoms with van der Waals surface area (Å²) in [5.74, 6) is 0.823. The average Bonchev–Trinajstić information content (AvgIpc) is 3.11. The van der Waals surface area contributed by atoms with Gasteiger partial charge in [0.2, 0.25) is 5.91 Å². The van der Waals surface area contributed by atoms with Crippen LogP contribution < -0.4 is 20.1 Å². The monoisotopic (exact) mass is 396 g/mol. The molecule has 1 heterocycles. The van der Waals surface area contributed by atoms with Crippen LogP contribution in [-0.2, 0) is 11.3 Å². The minimum Gasteiger partial charge on any atom is -0.495 e. The van der Waals surface area contributed by atoms with E-state index in [-0.39, 0.29) is 19.0 Å². The zero-order valence-electron chi connectivity index (χ0n) is 13.2. The molecular formula is C16H17BrN2O5. The lowest BCUT2D eigenvalue weighted by molar-refractivity contribution is -0.120. The van der Waals surface area contributed by atoms with Gasteiger partial charge in [0.1, 0.15) is 21.7 Å². The third-order valence-corrected chi connectivity index (χ3v) is 3.94. The number of rotatable bonds is 7. The molecular weight excluding hydrogens is 380 g/mol. The summed E-state index contributed by atoms with van der Waals surface area (Å²) in [4.78, 5) is 23.9. The maximum atomic E-state index is 12.2. The molecule has 1 aromatic heterocycles. The van der Waals surface area contributed by atoms with Gasteiger partial charge >= 0.3 is 0 Å². The molecule has 24 heavy (non-hydrogen) atoms. The van der Waals surface area contributed by atoms with Gasteiger partial charge in [-0.1, -0.05) is 0 Å². The third kappa shape index (κ3) is 4.51. The first kappa shape index (κ1) is 17.9. The maximum absolute atomic E-state index is 12.2. The zero-order chi connectivity index (χ0) is 17.5. The molecule has 0 saturated carbocycles. The highest BCUT2D eigenvalue weighted by Crippen LogP contribution is 2.35. The number of benzene rings is 1. The van der Waals surface area contributed by atoms with Crippen molar-refractivity contribution in [2.24, 2.45) is 0 Å². The van der Waals surface area contributed by atoms with Crippen LogP contribution >= 0.6 is 15.9 Å². The molecule has 2 amide bonds. The molecule has 0 spiro atoms. The summed E-state index contributed by atoms with van der Waals surface area (Å²) in [5.41, 5.74) is 0.325. The summed E-state index contributed by atoms with van der Waals surface area (Å²) in [6, 6.07) is 6.60. The van der Waals surface area contributed by atoms with Gasteiger partial charge in [-0.3, -0.25) is 9.59 Å². The molecule has 8 heteroatoms. The number of methoxy groups -OCH3 is 2. The van der Waals surface area contributed by atoms with Crippen LogP contribution in [0.4, 0.5) is 0 Å². The van der Waals surface area contributed by atoms with Gasteiger partial charge in [0, 0.05) is 5.56 Å². The average molecular weight is 397 g/mol. The fourth-order valence-corrected chi connectivity index (χ4v) is 2.48. The second-order valence-corrected chi connectivity index (χ2v) is 5.53. The molecule has 2 aromatic rings. The van der Waals surface area contributed by atoms with Crippen molar-refractivity contribution < 1.29 is 23.5 Å². The number of ether oxygens (including phenoxy) is 2. The highest BCUT2D eigenvalue weighted by Gasteiger charge is 2.15. The van der Waals surface area contributed by atoms with E-state index in [0.717, 1.165) is 0 Å². The van der Waals surface area contributed by atoms with Gasteiger partial charge in [0.15, 0.2) is 0 Å². The molecule has 0 radical (unpaired) electrons. The summed E-state index contributed by atoms with van der Waals surface area (Å²) in [6.45, 7) is 0.113. The van der Waals surface area contributed by atoms with Crippen LogP contribution in [0.2, 0.25) is 0 Å². The molecule has 0 aliphatic carbocycles. The summed E-state index contributed by atoms with van der Waals surface area (Å²) >= 11 is 3.33. The van der Waals surface area contributed by atoms with Crippen molar-refractivity contribution in [1.29, 1.82) is 0 Å². The van der Waals surface area contributed by atoms with E-state index in [0.29, 0.717) is 27.3 Å². The Morgan fingerprint density at radius 3 is 2.38 bits per heavy atom. The Morgan fingerprint density at radius 1 is 1.17 bits per heavy atom. The quantitative estimate of drug-likeness (QED) is 0.747. The molecule has 2 rings (SSSR count). The van der Waals surface area contributed by atoms with Crippen molar-refractivity contribution in [2.45, 2.75) is 6.54 Å². The number of carbonyl (C=O) groups excluding carboxylic acids is 2. The molecule has 2 N–H and O–H groups in total. The number of carbonyl (C=O) groups is 2. The Morgan fingerprint density at radius 2 is 1.83 bits per heavy atom. The predicted octanol–water partition coefficient (Wildman–Crippen LogP) is 2.11. The second-order valence-electron chi connectivity index (χ2n) is 4.73. The van der Waals surface area contributed by atoms with Crippen LogP contribution in [0.1, 0.15) is 16.1 Å². The van der Waals surface area contributed by atoms with Crippen molar-refractivity contribution >= 4 is 27.7 Å². The summed E-state index contributed by atoms with van der Waals surface area (Å²) < 4.78 is 16.1. The minimum atomic E-state index is -0.410. The van der Waals surface area contributed by atoms with Crippen LogP contribution in [0.25, 0.3) is 0 Å². The van der Waals surface area contributed by atoms with Gasteiger partial charge < -0.3 is 24.5 Å². The first-order chi connectivity index (χ1) is 11.5. The van der Waals surface area contributed by atoms with Crippen LogP contribution in [0.5, 0.6) is 11.5 Å². The summed E-state index contributed by atoms with van der Waals surface area (Å²) in [5, 5.41) is 5.18. The van der Waals surface area contributed by atoms with Crippen LogP contribution in [0.15, 0.2) is 39.4 Å². The SMILES string of the molecule is COc1cc(C(=O)NCC(=O)NCc2ccco2)cc(OC)c1Br. The molecule has 0 atom stereocenters. The normalized spacial score (nSPS) is 10.1. The van der Waals surface area contributed by atoms with Gasteiger partial charge in [-0.25, -0.2) is 0 Å². The lowest BCUT2D eigenvalue weighted by Gasteiger charge is -2.11. The Bertz CT molecular complexity index is 690. The van der Waals surface area contributed by atoms with E-state index in [1.165, 1.54) is 20.5 Å². The molecule has 0 saturated heterocycles. The zero-order valence-corrected chi connectivity index (χ0v) is 14.8. The standard InChI is InChI=1S/C16H17BrN2O5/c1-22-12-6-10(7-13(23-2)15(12)17)16(21)19-9-14(20)18-8-11-4-3-5-24-11/h3-7H,8-9H2,1-2H3,(H,18,20)(H,19,21). The molecule has 0 unspecified atom stereocenters. The number of nitrogens with one attached hydrogen (secondary N) is 2. The van der Waals surface area contributed by atoms with E-state index in [1.807, 2.05) is 0 Å². The van der Waals surface area contributed by atoms with Crippen LogP contribution in [0, 0.1) is 0 Å². The molecule has 0 bridgehead atoms. The fraction of sp³-hybridized carbons (Fsp3) is 0.250. The lowest BCUT2D eigenvalue weighted by Crippen LogP contribution is -2.36. The number of hydrogen-bond donors (Lipinski definition) is 2. The molecule has 0 fully saturated rings. The van der Waals surface area contributed by atoms with E-state index < -0.39 is 5.91 Å². The topological polar surface area (TPSA) is 89.8 Å². The lowest BCUT2D eigenvalue weighted by atomic mass is 10.2. The first-order valence-electron chi connectivity index (χ1n) is 7.04. The Labute approximate surface area is 147 Å². The van der Waals surface area contributed by atoms with Gasteiger partial charge in [0.25, 0.3) is 5.91 Å². The van der Waals surface area contributed by atoms with Crippen molar-refractivity contribution in [3.8, 4) is 11.5 Å². The van der Waals surface area contributed by atoms with E-state index >= 15 is 0 Å². The number of furan rings is 1. The predicted molar refractivity (Wildman–Crippen MR) is 90.1 cm³/mol. The largest absolute Gasteiger partial charge is 0.495 e. The highest BCUT2D eigenvalue weighted by molar-refractivity contribution is 9.10. The van der Waals surface area contributed by atoms with Gasteiger partial charge in [-0.2, -0.15) is 0 Å². The second kappa shape index (κ2) is 8.39. The van der Waals surface area contributed by atoms with Gasteiger partial charge in [-0.05, 0) is 40.2 Å². The molecule has 0 aliphatic heterocycles. The van der Waals surface area contributed by atoms with Gasteiger partial charge in [0.05, 0.1) is 33.6 Å². The highest BCUT2D eigenvalue weighted by atomic mass is 79.9. The van der Waals surface area contributed by atoms with E-state index in [9.17, 15) is 9.59 Å². The van der Waals surface area contributed by atoms with Crippen molar-refractivity contribution in [3.05, 3.63) is 46.3 Å². The van der Waals surface area contributed by atoms with Crippen molar-refractivity contribution in [2.75, 3.05) is 20.8 Å². The van der Waals surface area contributed by atoms with Crippen molar-refractivity contribution in [1.82, 2.24) is 10.6 Å². The molecule has 1 aromatic carbocycles. The van der Waals surface area contributed by atoms with E-state index in [2.05, 4.69) is 26.6 Å². The number of halogens is 1. The first-order valence-corrected chi connectivity index (χ1v) is 7.83. The minimum absolute atomic E-state index is 0.153. The smallest absolute Gasteiger partial charge is 0.251 e.